The molecular weight excluding hydrogens is 556 g/mol. The summed E-state index contributed by atoms with van der Waals surface area (Å²) in [7, 11) is 0. The molecule has 0 aliphatic heterocycles. The van der Waals surface area contributed by atoms with Gasteiger partial charge in [0.05, 0.1) is 22.0 Å². The van der Waals surface area contributed by atoms with E-state index in [1.54, 1.807) is 0 Å². The van der Waals surface area contributed by atoms with E-state index in [-0.39, 0.29) is 5.41 Å². The molecule has 2 nitrogen and oxygen atoms in total. The van der Waals surface area contributed by atoms with Crippen molar-refractivity contribution in [1.82, 2.24) is 9.38 Å². The third-order valence-electron chi connectivity index (χ3n) is 10.6. The minimum absolute atomic E-state index is 0.346. The summed E-state index contributed by atoms with van der Waals surface area (Å²) in [6, 6.07) is 58.2. The number of aromatic nitrogens is 2. The van der Waals surface area contributed by atoms with Gasteiger partial charge in [-0.15, -0.1) is 0 Å². The summed E-state index contributed by atoms with van der Waals surface area (Å²) in [6.07, 6.45) is 0. The van der Waals surface area contributed by atoms with Gasteiger partial charge in [-0.25, -0.2) is 4.98 Å². The molecule has 0 unspecified atom stereocenters. The van der Waals surface area contributed by atoms with E-state index in [9.17, 15) is 0 Å². The van der Waals surface area contributed by atoms with Crippen LogP contribution in [0.15, 0.2) is 158 Å². The second kappa shape index (κ2) is 8.59. The van der Waals surface area contributed by atoms with Crippen LogP contribution in [0.3, 0.4) is 0 Å². The Labute approximate surface area is 265 Å². The zero-order valence-corrected chi connectivity index (χ0v) is 24.9. The number of nitrogens with zero attached hydrogens (tertiary/aromatic N) is 2. The Morgan fingerprint density at radius 1 is 0.413 bits per heavy atom. The van der Waals surface area contributed by atoms with E-state index in [4.69, 9.17) is 4.98 Å². The molecule has 0 atom stereocenters. The average Bonchev–Trinajstić information content (AvgIpc) is 3.76. The lowest BCUT2D eigenvalue weighted by molar-refractivity contribution is 0.794. The quantitative estimate of drug-likeness (QED) is 0.176. The van der Waals surface area contributed by atoms with Crippen LogP contribution in [0.4, 0.5) is 0 Å². The number of para-hydroxylation sites is 3. The van der Waals surface area contributed by atoms with Crippen LogP contribution in [0.1, 0.15) is 22.3 Å². The Morgan fingerprint density at radius 3 is 1.78 bits per heavy atom. The van der Waals surface area contributed by atoms with Crippen LogP contribution in [0, 0.1) is 0 Å². The number of hydrogen-bond acceptors (Lipinski definition) is 1. The highest BCUT2D eigenvalue weighted by atomic mass is 15.0. The molecule has 0 amide bonds. The molecule has 7 aromatic carbocycles. The van der Waals surface area contributed by atoms with Crippen LogP contribution in [0.25, 0.3) is 71.7 Å². The third kappa shape index (κ3) is 2.81. The Hall–Kier alpha value is -5.99. The smallest absolute Gasteiger partial charge is 0.146 e. The number of fused-ring (bicyclic) bond motifs is 18. The molecule has 2 aromatic heterocycles. The van der Waals surface area contributed by atoms with Crippen molar-refractivity contribution in [3.8, 4) is 33.4 Å². The Bertz CT molecular complexity index is 2720. The topological polar surface area (TPSA) is 17.3 Å². The Kier molecular flexibility index (Phi) is 4.55. The van der Waals surface area contributed by atoms with Gasteiger partial charge in [0.15, 0.2) is 0 Å². The van der Waals surface area contributed by atoms with Gasteiger partial charge in [-0.05, 0) is 91.4 Å². The van der Waals surface area contributed by atoms with Crippen molar-refractivity contribution >= 4 is 38.4 Å². The maximum Gasteiger partial charge on any atom is 0.146 e. The number of pyridine rings is 1. The van der Waals surface area contributed by atoms with E-state index < -0.39 is 0 Å². The van der Waals surface area contributed by atoms with Gasteiger partial charge in [0.25, 0.3) is 0 Å². The average molecular weight is 583 g/mol. The monoisotopic (exact) mass is 582 g/mol. The van der Waals surface area contributed by atoms with Crippen LogP contribution >= 0.6 is 0 Å². The van der Waals surface area contributed by atoms with Gasteiger partial charge in [-0.3, -0.25) is 4.40 Å². The van der Waals surface area contributed by atoms with Crippen LogP contribution in [0.5, 0.6) is 0 Å². The van der Waals surface area contributed by atoms with Crippen molar-refractivity contribution in [1.29, 1.82) is 0 Å². The normalized spacial score (nSPS) is 13.8. The first-order chi connectivity index (χ1) is 22.8. The maximum atomic E-state index is 5.14. The minimum atomic E-state index is -0.346. The molecule has 0 radical (unpaired) electrons. The first kappa shape index (κ1) is 24.3. The van der Waals surface area contributed by atoms with E-state index in [0.717, 1.165) is 16.7 Å². The first-order valence-electron chi connectivity index (χ1n) is 16.0. The van der Waals surface area contributed by atoms with Crippen molar-refractivity contribution < 1.29 is 0 Å². The van der Waals surface area contributed by atoms with Gasteiger partial charge in [0.2, 0.25) is 0 Å². The lowest BCUT2D eigenvalue weighted by Gasteiger charge is -2.30. The molecule has 0 saturated carbocycles. The summed E-state index contributed by atoms with van der Waals surface area (Å²) >= 11 is 0. The van der Waals surface area contributed by atoms with Crippen molar-refractivity contribution in [2.45, 2.75) is 5.41 Å². The molecule has 2 heteroatoms. The van der Waals surface area contributed by atoms with Crippen molar-refractivity contribution in [3.63, 3.8) is 0 Å². The molecule has 1 spiro atoms. The number of benzene rings is 7. The Balaban J connectivity index is 1.24. The highest BCUT2D eigenvalue weighted by molar-refractivity contribution is 6.15. The number of hydrogen-bond donors (Lipinski definition) is 0. The zero-order valence-electron chi connectivity index (χ0n) is 24.9. The van der Waals surface area contributed by atoms with E-state index in [0.29, 0.717) is 0 Å². The van der Waals surface area contributed by atoms with Gasteiger partial charge >= 0.3 is 0 Å². The van der Waals surface area contributed by atoms with Gasteiger partial charge < -0.3 is 0 Å². The van der Waals surface area contributed by atoms with Crippen molar-refractivity contribution in [2.75, 3.05) is 0 Å². The lowest BCUT2D eigenvalue weighted by atomic mass is 9.70. The fourth-order valence-electron chi connectivity index (χ4n) is 8.86. The standard InChI is InChI=1S/C44H26N2/c1-5-17-35-29(12-1)30-13-2-6-18-36(30)44(35)37-19-7-3-15-33(37)42-28(16-11-20-38(42)44)27-24-25-32-34(26-27)31-14-4-9-22-40(31)46-41-23-10-8-21-39(41)45-43(32)46/h1-26H. The molecule has 212 valence electrons. The summed E-state index contributed by atoms with van der Waals surface area (Å²) in [5.41, 5.74) is 17.3. The number of imidazole rings is 1. The molecule has 2 aliphatic rings. The maximum absolute atomic E-state index is 5.14. The molecular formula is C44H26N2. The summed E-state index contributed by atoms with van der Waals surface area (Å²) in [4.78, 5) is 5.14. The zero-order chi connectivity index (χ0) is 30.0. The fraction of sp³-hybridized carbons (Fsp3) is 0.0227. The molecule has 0 bridgehead atoms. The summed E-state index contributed by atoms with van der Waals surface area (Å²) < 4.78 is 2.32. The van der Waals surface area contributed by atoms with E-state index in [1.807, 2.05) is 0 Å². The SMILES string of the molecule is c1ccc2c(c1)-c1ccccc1C21c2ccccc2-c2c(-c3ccc4c(c3)c3ccccc3n3c5ccccc5nc43)cccc21. The third-order valence-corrected chi connectivity index (χ3v) is 10.6. The second-order valence-corrected chi connectivity index (χ2v) is 12.7. The molecule has 11 rings (SSSR count). The first-order valence-corrected chi connectivity index (χ1v) is 16.0. The highest BCUT2D eigenvalue weighted by Crippen LogP contribution is 2.63. The molecule has 0 fully saturated rings. The molecule has 46 heavy (non-hydrogen) atoms. The lowest BCUT2D eigenvalue weighted by Crippen LogP contribution is -2.25. The van der Waals surface area contributed by atoms with Crippen LogP contribution in [-0.4, -0.2) is 9.38 Å². The van der Waals surface area contributed by atoms with Gasteiger partial charge in [-0.2, -0.15) is 0 Å². The molecule has 0 N–H and O–H groups in total. The Morgan fingerprint density at radius 2 is 1.00 bits per heavy atom. The van der Waals surface area contributed by atoms with E-state index >= 15 is 0 Å². The van der Waals surface area contributed by atoms with Gasteiger partial charge in [0, 0.05) is 10.8 Å². The molecule has 2 heterocycles. The number of rotatable bonds is 1. The highest BCUT2D eigenvalue weighted by Gasteiger charge is 2.51. The van der Waals surface area contributed by atoms with E-state index in [1.165, 1.54) is 77.3 Å². The molecule has 9 aromatic rings. The van der Waals surface area contributed by atoms with Gasteiger partial charge in [0.1, 0.15) is 5.65 Å². The van der Waals surface area contributed by atoms with E-state index in [2.05, 4.69) is 162 Å². The van der Waals surface area contributed by atoms with Crippen molar-refractivity contribution in [3.05, 3.63) is 180 Å². The second-order valence-electron chi connectivity index (χ2n) is 12.7. The predicted octanol–water partition coefficient (Wildman–Crippen LogP) is 10.8. The fourth-order valence-corrected chi connectivity index (χ4v) is 8.86. The summed E-state index contributed by atoms with van der Waals surface area (Å²) in [6.45, 7) is 0. The van der Waals surface area contributed by atoms with Crippen LogP contribution in [0.2, 0.25) is 0 Å². The van der Waals surface area contributed by atoms with Crippen molar-refractivity contribution in [2.24, 2.45) is 0 Å². The summed E-state index contributed by atoms with van der Waals surface area (Å²) in [5, 5.41) is 3.63. The largest absolute Gasteiger partial charge is 0.292 e. The van der Waals surface area contributed by atoms with Gasteiger partial charge in [-0.1, -0.05) is 127 Å². The summed E-state index contributed by atoms with van der Waals surface area (Å²) in [5.74, 6) is 0. The van der Waals surface area contributed by atoms with Crippen LogP contribution in [-0.2, 0) is 5.41 Å². The predicted molar refractivity (Wildman–Crippen MR) is 189 cm³/mol. The molecule has 2 aliphatic carbocycles. The molecule has 0 saturated heterocycles. The minimum Gasteiger partial charge on any atom is -0.292 e. The van der Waals surface area contributed by atoms with Crippen LogP contribution < -0.4 is 0 Å².